The Morgan fingerprint density at radius 2 is 2.04 bits per heavy atom. The van der Waals surface area contributed by atoms with E-state index in [1.54, 1.807) is 4.90 Å². The van der Waals surface area contributed by atoms with Crippen LogP contribution in [0.15, 0.2) is 40.1 Å². The largest absolute Gasteiger partial charge is 0.398 e. The molecule has 120 valence electrons. The number of nitrogens with two attached hydrogens (primary N) is 1. The van der Waals surface area contributed by atoms with Crippen LogP contribution in [0.1, 0.15) is 12.0 Å². The molecule has 7 nitrogen and oxygen atoms in total. The van der Waals surface area contributed by atoms with E-state index in [1.165, 1.54) is 23.9 Å². The highest BCUT2D eigenvalue weighted by molar-refractivity contribution is 5.95. The molecule has 1 amide bonds. The van der Waals surface area contributed by atoms with E-state index < -0.39 is 11.2 Å². The van der Waals surface area contributed by atoms with Gasteiger partial charge in [-0.1, -0.05) is 6.07 Å². The third kappa shape index (κ3) is 2.65. The predicted octanol–water partition coefficient (Wildman–Crippen LogP) is 0.109. The summed E-state index contributed by atoms with van der Waals surface area (Å²) in [5.41, 5.74) is 7.54. The van der Waals surface area contributed by atoms with Gasteiger partial charge in [0.2, 0.25) is 5.91 Å². The number of fused-ring (bicyclic) bond motifs is 1. The molecule has 0 radical (unpaired) electrons. The zero-order valence-electron chi connectivity index (χ0n) is 12.9. The van der Waals surface area contributed by atoms with E-state index in [2.05, 4.69) is 0 Å². The summed E-state index contributed by atoms with van der Waals surface area (Å²) in [6.45, 7) is 0.483. The number of amides is 1. The summed E-state index contributed by atoms with van der Waals surface area (Å²) in [6, 6.07) is 6.78. The van der Waals surface area contributed by atoms with E-state index in [9.17, 15) is 14.4 Å². The lowest BCUT2D eigenvalue weighted by atomic mass is 10.00. The molecule has 23 heavy (non-hydrogen) atoms. The third-order valence-electron chi connectivity index (χ3n) is 4.15. The van der Waals surface area contributed by atoms with Gasteiger partial charge in [0.1, 0.15) is 6.54 Å². The Bertz CT molecular complexity index is 882. The molecule has 3 rings (SSSR count). The maximum absolute atomic E-state index is 12.6. The zero-order valence-corrected chi connectivity index (χ0v) is 12.9. The molecule has 0 bridgehead atoms. The lowest BCUT2D eigenvalue weighted by Gasteiger charge is -2.30. The van der Waals surface area contributed by atoms with E-state index in [0.717, 1.165) is 28.7 Å². The van der Waals surface area contributed by atoms with Crippen molar-refractivity contribution in [2.24, 2.45) is 7.05 Å². The van der Waals surface area contributed by atoms with E-state index in [-0.39, 0.29) is 12.5 Å². The Morgan fingerprint density at radius 1 is 1.26 bits per heavy atom. The van der Waals surface area contributed by atoms with Crippen molar-refractivity contribution in [3.8, 4) is 0 Å². The number of aromatic nitrogens is 2. The zero-order chi connectivity index (χ0) is 16.6. The molecule has 0 fully saturated rings. The van der Waals surface area contributed by atoms with Gasteiger partial charge in [0.15, 0.2) is 0 Å². The second kappa shape index (κ2) is 5.75. The van der Waals surface area contributed by atoms with Crippen LogP contribution in [0.4, 0.5) is 11.4 Å². The van der Waals surface area contributed by atoms with Crippen LogP contribution in [0.2, 0.25) is 0 Å². The van der Waals surface area contributed by atoms with Crippen LogP contribution in [0.3, 0.4) is 0 Å². The SMILES string of the molecule is Cn1c(=O)ccn(CC(=O)N2CCCc3c(N)cccc32)c1=O. The fourth-order valence-electron chi connectivity index (χ4n) is 2.88. The van der Waals surface area contributed by atoms with Crippen LogP contribution in [0.25, 0.3) is 0 Å². The molecular weight excluding hydrogens is 296 g/mol. The second-order valence-electron chi connectivity index (χ2n) is 5.62. The van der Waals surface area contributed by atoms with Crippen molar-refractivity contribution in [1.29, 1.82) is 0 Å². The molecule has 0 saturated heterocycles. The van der Waals surface area contributed by atoms with Crippen molar-refractivity contribution in [1.82, 2.24) is 9.13 Å². The fraction of sp³-hybridized carbons (Fsp3) is 0.312. The Kier molecular flexibility index (Phi) is 3.77. The fourth-order valence-corrected chi connectivity index (χ4v) is 2.88. The van der Waals surface area contributed by atoms with Gasteiger partial charge in [-0.2, -0.15) is 0 Å². The first-order chi connectivity index (χ1) is 11.0. The van der Waals surface area contributed by atoms with Crippen LogP contribution in [-0.2, 0) is 24.8 Å². The number of hydrogen-bond acceptors (Lipinski definition) is 4. The first kappa shape index (κ1) is 15.1. The Hall–Kier alpha value is -2.83. The van der Waals surface area contributed by atoms with Crippen molar-refractivity contribution in [2.45, 2.75) is 19.4 Å². The van der Waals surface area contributed by atoms with Crippen LogP contribution < -0.4 is 21.9 Å². The van der Waals surface area contributed by atoms with Gasteiger partial charge in [0.25, 0.3) is 5.56 Å². The molecule has 2 N–H and O–H groups in total. The molecule has 0 atom stereocenters. The number of rotatable bonds is 2. The first-order valence-electron chi connectivity index (χ1n) is 7.43. The predicted molar refractivity (Wildman–Crippen MR) is 87.5 cm³/mol. The summed E-state index contributed by atoms with van der Waals surface area (Å²) in [6.07, 6.45) is 3.02. The molecule has 0 unspecified atom stereocenters. The topological polar surface area (TPSA) is 90.3 Å². The second-order valence-corrected chi connectivity index (χ2v) is 5.62. The number of nitrogens with zero attached hydrogens (tertiary/aromatic N) is 3. The number of hydrogen-bond donors (Lipinski definition) is 1. The number of carbonyl (C=O) groups excluding carboxylic acids is 1. The van der Waals surface area contributed by atoms with Gasteiger partial charge in [-0.25, -0.2) is 4.79 Å². The minimum absolute atomic E-state index is 0.110. The third-order valence-corrected chi connectivity index (χ3v) is 4.15. The van der Waals surface area contributed by atoms with Gasteiger partial charge in [0.05, 0.1) is 0 Å². The van der Waals surface area contributed by atoms with Crippen molar-refractivity contribution >= 4 is 17.3 Å². The Morgan fingerprint density at radius 3 is 2.83 bits per heavy atom. The first-order valence-corrected chi connectivity index (χ1v) is 7.43. The monoisotopic (exact) mass is 314 g/mol. The minimum Gasteiger partial charge on any atom is -0.398 e. The van der Waals surface area contributed by atoms with Gasteiger partial charge in [-0.3, -0.25) is 18.7 Å². The highest BCUT2D eigenvalue weighted by Gasteiger charge is 2.24. The average molecular weight is 314 g/mol. The molecule has 0 spiro atoms. The van der Waals surface area contributed by atoms with Crippen LogP contribution >= 0.6 is 0 Å². The molecule has 2 aromatic rings. The van der Waals surface area contributed by atoms with Crippen molar-refractivity contribution in [3.63, 3.8) is 0 Å². The molecule has 0 saturated carbocycles. The summed E-state index contributed by atoms with van der Waals surface area (Å²) in [5, 5.41) is 0. The molecular formula is C16H18N4O3. The smallest absolute Gasteiger partial charge is 0.331 e. The van der Waals surface area contributed by atoms with Crippen LogP contribution in [0.5, 0.6) is 0 Å². The summed E-state index contributed by atoms with van der Waals surface area (Å²) in [7, 11) is 1.39. The lowest BCUT2D eigenvalue weighted by molar-refractivity contribution is -0.119. The molecule has 7 heteroatoms. The molecule has 1 aromatic heterocycles. The Balaban J connectivity index is 1.92. The standard InChI is InChI=1S/C16H18N4O3/c1-18-14(21)7-9-19(16(18)23)10-15(22)20-8-3-4-11-12(17)5-2-6-13(11)20/h2,5-7,9H,3-4,8,10,17H2,1H3. The Labute approximate surface area is 132 Å². The summed E-state index contributed by atoms with van der Waals surface area (Å²) in [5.74, 6) is -0.197. The molecule has 1 aromatic carbocycles. The molecule has 1 aliphatic rings. The van der Waals surface area contributed by atoms with Gasteiger partial charge in [-0.15, -0.1) is 0 Å². The van der Waals surface area contributed by atoms with Crippen LogP contribution in [-0.4, -0.2) is 21.6 Å². The number of anilines is 2. The van der Waals surface area contributed by atoms with Gasteiger partial charge in [-0.05, 0) is 30.5 Å². The molecule has 2 heterocycles. The molecule has 1 aliphatic heterocycles. The number of benzene rings is 1. The van der Waals surface area contributed by atoms with E-state index in [0.29, 0.717) is 12.2 Å². The highest BCUT2D eigenvalue weighted by atomic mass is 16.2. The minimum atomic E-state index is -0.504. The van der Waals surface area contributed by atoms with Crippen molar-refractivity contribution in [2.75, 3.05) is 17.2 Å². The van der Waals surface area contributed by atoms with Gasteiger partial charge < -0.3 is 10.6 Å². The normalized spacial score (nSPS) is 13.7. The van der Waals surface area contributed by atoms with Crippen LogP contribution in [0, 0.1) is 0 Å². The molecule has 0 aliphatic carbocycles. The highest BCUT2D eigenvalue weighted by Crippen LogP contribution is 2.31. The average Bonchev–Trinajstić information content (AvgIpc) is 2.55. The van der Waals surface area contributed by atoms with E-state index in [1.807, 2.05) is 18.2 Å². The van der Waals surface area contributed by atoms with Crippen molar-refractivity contribution < 1.29 is 4.79 Å². The quantitative estimate of drug-likeness (QED) is 0.797. The lowest BCUT2D eigenvalue weighted by Crippen LogP contribution is -2.43. The summed E-state index contributed by atoms with van der Waals surface area (Å²) >= 11 is 0. The summed E-state index contributed by atoms with van der Waals surface area (Å²) < 4.78 is 2.22. The number of carbonyl (C=O) groups is 1. The number of nitrogen functional groups attached to an aromatic ring is 1. The summed E-state index contributed by atoms with van der Waals surface area (Å²) in [4.78, 5) is 37.8. The van der Waals surface area contributed by atoms with Gasteiger partial charge in [0, 0.05) is 37.2 Å². The maximum atomic E-state index is 12.6. The maximum Gasteiger partial charge on any atom is 0.331 e. The van der Waals surface area contributed by atoms with Gasteiger partial charge >= 0.3 is 5.69 Å². The van der Waals surface area contributed by atoms with E-state index >= 15 is 0 Å². The van der Waals surface area contributed by atoms with E-state index in [4.69, 9.17) is 5.73 Å². The van der Waals surface area contributed by atoms with Crippen molar-refractivity contribution in [3.05, 3.63) is 56.9 Å².